The minimum absolute atomic E-state index is 0.0762. The number of Topliss-reactive ketones (excluding diaryl/α,β-unsaturated/α-hetero) is 1. The Morgan fingerprint density at radius 1 is 1.06 bits per heavy atom. The van der Waals surface area contributed by atoms with Gasteiger partial charge >= 0.3 is 6.18 Å². The monoisotopic (exact) mass is 485 g/mol. The summed E-state index contributed by atoms with van der Waals surface area (Å²) in [5, 5.41) is 8.06. The first kappa shape index (κ1) is 24.5. The zero-order chi connectivity index (χ0) is 24.3. The fourth-order valence-corrected chi connectivity index (χ4v) is 3.95. The van der Waals surface area contributed by atoms with Gasteiger partial charge in [-0.2, -0.15) is 13.2 Å². The second-order valence-electron chi connectivity index (χ2n) is 6.99. The average molecular weight is 485 g/mol. The van der Waals surface area contributed by atoms with Crippen LogP contribution in [-0.4, -0.2) is 53.8 Å². The molecule has 2 aromatic heterocycles. The molecule has 0 N–H and O–H groups in total. The lowest BCUT2D eigenvalue weighted by atomic mass is 10.2. The number of hydrogen-bond donors (Lipinski definition) is 0. The molecule has 3 rings (SSSR count). The summed E-state index contributed by atoms with van der Waals surface area (Å²) in [4.78, 5) is 12.6. The number of carbonyl (C=O) groups excluding carboxylic acids is 1. The van der Waals surface area contributed by atoms with Gasteiger partial charge in [0.05, 0.1) is 27.1 Å². The molecule has 0 bridgehead atoms. The quantitative estimate of drug-likeness (QED) is 0.318. The van der Waals surface area contributed by atoms with E-state index < -0.39 is 12.7 Å². The Morgan fingerprint density at radius 2 is 1.70 bits per heavy atom. The van der Waals surface area contributed by atoms with Gasteiger partial charge in [-0.1, -0.05) is 11.8 Å². The van der Waals surface area contributed by atoms with Crippen molar-refractivity contribution in [1.29, 1.82) is 0 Å². The topological polar surface area (TPSA) is 88.6 Å². The summed E-state index contributed by atoms with van der Waals surface area (Å²) in [6.07, 6.45) is -4.38. The van der Waals surface area contributed by atoms with Crippen LogP contribution < -0.4 is 14.2 Å². The fourth-order valence-electron chi connectivity index (χ4n) is 3.30. The fraction of sp³-hybridized carbons (Fsp3) is 0.381. The molecule has 3 aromatic rings. The van der Waals surface area contributed by atoms with Gasteiger partial charge < -0.3 is 23.2 Å². The Balaban J connectivity index is 1.75. The summed E-state index contributed by atoms with van der Waals surface area (Å²) in [6, 6.07) is 4.74. The summed E-state index contributed by atoms with van der Waals surface area (Å²) in [5.74, 6) is 0.980. The number of carbonyl (C=O) groups is 1. The van der Waals surface area contributed by atoms with Crippen LogP contribution in [0, 0.1) is 13.8 Å². The number of aryl methyl sites for hydroxylation is 1. The molecule has 0 unspecified atom stereocenters. The van der Waals surface area contributed by atoms with Crippen molar-refractivity contribution in [3.63, 3.8) is 0 Å². The van der Waals surface area contributed by atoms with Crippen LogP contribution in [0.2, 0.25) is 0 Å². The summed E-state index contributed by atoms with van der Waals surface area (Å²) >= 11 is 0.995. The average Bonchev–Trinajstić information content (AvgIpc) is 3.35. The normalized spacial score (nSPS) is 11.5. The maximum atomic E-state index is 12.8. The molecule has 0 saturated heterocycles. The number of thioether (sulfide) groups is 1. The molecule has 0 amide bonds. The zero-order valence-electron chi connectivity index (χ0n) is 18.6. The lowest BCUT2D eigenvalue weighted by Gasteiger charge is -2.12. The highest BCUT2D eigenvalue weighted by Gasteiger charge is 2.30. The molecule has 0 radical (unpaired) electrons. The first-order chi connectivity index (χ1) is 15.6. The first-order valence-corrected chi connectivity index (χ1v) is 10.6. The molecule has 0 aliphatic carbocycles. The van der Waals surface area contributed by atoms with Crippen LogP contribution in [-0.2, 0) is 6.54 Å². The number of ketones is 1. The lowest BCUT2D eigenvalue weighted by Crippen LogP contribution is -2.19. The van der Waals surface area contributed by atoms with Crippen molar-refractivity contribution < 1.29 is 36.6 Å². The van der Waals surface area contributed by atoms with Crippen LogP contribution in [0.1, 0.15) is 21.7 Å². The van der Waals surface area contributed by atoms with Crippen molar-refractivity contribution >= 4 is 17.5 Å². The van der Waals surface area contributed by atoms with Gasteiger partial charge in [0.25, 0.3) is 5.22 Å². The molecule has 0 saturated carbocycles. The number of aromatic nitrogens is 3. The van der Waals surface area contributed by atoms with Gasteiger partial charge in [-0.15, -0.1) is 10.2 Å². The number of benzene rings is 1. The molecule has 8 nitrogen and oxygen atoms in total. The van der Waals surface area contributed by atoms with Crippen molar-refractivity contribution in [2.24, 2.45) is 0 Å². The van der Waals surface area contributed by atoms with E-state index in [4.69, 9.17) is 18.6 Å². The first-order valence-electron chi connectivity index (χ1n) is 9.61. The third kappa shape index (κ3) is 5.44. The smallest absolute Gasteiger partial charge is 0.406 e. The highest BCUT2D eigenvalue weighted by molar-refractivity contribution is 7.99. The number of rotatable bonds is 9. The van der Waals surface area contributed by atoms with E-state index in [9.17, 15) is 18.0 Å². The molecule has 2 heterocycles. The number of alkyl halides is 3. The molecular weight excluding hydrogens is 463 g/mol. The van der Waals surface area contributed by atoms with Crippen LogP contribution in [0.4, 0.5) is 13.2 Å². The molecule has 0 aliphatic heterocycles. The zero-order valence-corrected chi connectivity index (χ0v) is 19.4. The highest BCUT2D eigenvalue weighted by atomic mass is 32.2. The van der Waals surface area contributed by atoms with Gasteiger partial charge in [-0.25, -0.2) is 0 Å². The van der Waals surface area contributed by atoms with E-state index in [0.717, 1.165) is 16.3 Å². The van der Waals surface area contributed by atoms with E-state index in [2.05, 4.69) is 10.2 Å². The van der Waals surface area contributed by atoms with E-state index in [0.29, 0.717) is 28.5 Å². The molecule has 12 heteroatoms. The predicted molar refractivity (Wildman–Crippen MR) is 114 cm³/mol. The molecular formula is C21H22F3N3O5S. The second-order valence-corrected chi connectivity index (χ2v) is 7.91. The summed E-state index contributed by atoms with van der Waals surface area (Å²) < 4.78 is 61.0. The number of halogens is 3. The molecule has 0 atom stereocenters. The molecule has 0 fully saturated rings. The van der Waals surface area contributed by atoms with Gasteiger partial charge in [0.2, 0.25) is 11.6 Å². The van der Waals surface area contributed by atoms with E-state index in [1.165, 1.54) is 41.2 Å². The number of methoxy groups -OCH3 is 3. The summed E-state index contributed by atoms with van der Waals surface area (Å²) in [7, 11) is 4.44. The summed E-state index contributed by atoms with van der Waals surface area (Å²) in [6.45, 7) is 1.88. The van der Waals surface area contributed by atoms with Crippen LogP contribution in [0.25, 0.3) is 11.5 Å². The second kappa shape index (κ2) is 9.77. The van der Waals surface area contributed by atoms with Crippen molar-refractivity contribution in [2.75, 3.05) is 27.1 Å². The lowest BCUT2D eigenvalue weighted by molar-refractivity contribution is -0.141. The largest absolute Gasteiger partial charge is 0.493 e. The minimum Gasteiger partial charge on any atom is -0.493 e. The van der Waals surface area contributed by atoms with Gasteiger partial charge in [-0.05, 0) is 32.0 Å². The minimum atomic E-state index is -4.38. The third-order valence-electron chi connectivity index (χ3n) is 4.86. The number of ether oxygens (including phenoxy) is 3. The number of nitrogens with zero attached hydrogens (tertiary/aromatic N) is 3. The van der Waals surface area contributed by atoms with Crippen LogP contribution in [0.5, 0.6) is 17.2 Å². The molecule has 33 heavy (non-hydrogen) atoms. The van der Waals surface area contributed by atoms with E-state index >= 15 is 0 Å². The standard InChI is InChI=1S/C21H22F3N3O5S/c1-11-6-14(12(2)27(11)10-21(22,23)24)15(28)9-33-20-26-25-19(32-20)13-7-16(29-3)18(31-5)17(8-13)30-4/h6-8H,9-10H2,1-5H3. The Bertz CT molecular complexity index is 1130. The molecule has 1 aromatic carbocycles. The van der Waals surface area contributed by atoms with Crippen LogP contribution in [0.3, 0.4) is 0 Å². The Hall–Kier alpha value is -3.15. The predicted octanol–water partition coefficient (Wildman–Crippen LogP) is 4.72. The van der Waals surface area contributed by atoms with E-state index in [-0.39, 0.29) is 33.9 Å². The van der Waals surface area contributed by atoms with Crippen molar-refractivity contribution in [1.82, 2.24) is 14.8 Å². The van der Waals surface area contributed by atoms with E-state index in [1.807, 2.05) is 0 Å². The molecule has 178 valence electrons. The molecule has 0 aliphatic rings. The van der Waals surface area contributed by atoms with Crippen LogP contribution in [0.15, 0.2) is 27.8 Å². The Morgan fingerprint density at radius 3 is 2.24 bits per heavy atom. The van der Waals surface area contributed by atoms with Gasteiger partial charge in [0.1, 0.15) is 6.54 Å². The van der Waals surface area contributed by atoms with Gasteiger partial charge in [-0.3, -0.25) is 4.79 Å². The maximum absolute atomic E-state index is 12.8. The highest BCUT2D eigenvalue weighted by Crippen LogP contribution is 2.41. The Kier molecular flexibility index (Phi) is 7.25. The van der Waals surface area contributed by atoms with Crippen molar-refractivity contribution in [3.8, 4) is 28.7 Å². The maximum Gasteiger partial charge on any atom is 0.406 e. The Labute approximate surface area is 192 Å². The van der Waals surface area contributed by atoms with Crippen molar-refractivity contribution in [3.05, 3.63) is 35.2 Å². The van der Waals surface area contributed by atoms with Gasteiger partial charge in [0, 0.05) is 22.5 Å². The third-order valence-corrected chi connectivity index (χ3v) is 5.67. The van der Waals surface area contributed by atoms with Gasteiger partial charge in [0.15, 0.2) is 17.3 Å². The number of hydrogen-bond acceptors (Lipinski definition) is 8. The SMILES string of the molecule is COc1cc(-c2nnc(SCC(=O)c3cc(C)n(CC(F)(F)F)c3C)o2)cc(OC)c1OC. The molecule has 0 spiro atoms. The van der Waals surface area contributed by atoms with Crippen LogP contribution >= 0.6 is 11.8 Å². The van der Waals surface area contributed by atoms with Crippen molar-refractivity contribution in [2.45, 2.75) is 31.8 Å². The van der Waals surface area contributed by atoms with E-state index in [1.54, 1.807) is 12.1 Å². The summed E-state index contributed by atoms with van der Waals surface area (Å²) in [5.41, 5.74) is 1.37.